The van der Waals surface area contributed by atoms with Gasteiger partial charge in [-0.25, -0.2) is 4.79 Å². The Morgan fingerprint density at radius 1 is 1.77 bits per heavy atom. The third-order valence-corrected chi connectivity index (χ3v) is 3.08. The normalized spacial score (nSPS) is 21.8. The largest absolute Gasteiger partial charge is 0.464 e. The molecule has 0 aliphatic carbocycles. The molecular weight excluding hydrogens is 186 g/mol. The van der Waals surface area contributed by atoms with Crippen molar-refractivity contribution in [1.29, 1.82) is 0 Å². The molecule has 0 N–H and O–H groups in total. The second kappa shape index (κ2) is 4.65. The van der Waals surface area contributed by atoms with Crippen molar-refractivity contribution in [2.75, 3.05) is 12.4 Å². The number of rotatable bonds is 3. The lowest BCUT2D eigenvalue weighted by Crippen LogP contribution is -2.21. The SMILES string of the molecule is CCOC(=O)C1CSC(C(C)C)=N1. The molecular formula is C9H15NO2S. The molecule has 0 saturated carbocycles. The van der Waals surface area contributed by atoms with Crippen LogP contribution in [0, 0.1) is 5.92 Å². The minimum atomic E-state index is -0.262. The van der Waals surface area contributed by atoms with Crippen molar-refractivity contribution in [1.82, 2.24) is 0 Å². The molecule has 3 nitrogen and oxygen atoms in total. The number of nitrogens with zero attached hydrogens (tertiary/aromatic N) is 1. The topological polar surface area (TPSA) is 38.7 Å². The van der Waals surface area contributed by atoms with Gasteiger partial charge in [0.15, 0.2) is 6.04 Å². The van der Waals surface area contributed by atoms with Crippen LogP contribution < -0.4 is 0 Å². The summed E-state index contributed by atoms with van der Waals surface area (Å²) in [6.07, 6.45) is 0. The molecule has 74 valence electrons. The van der Waals surface area contributed by atoms with Crippen LogP contribution >= 0.6 is 11.8 Å². The number of esters is 1. The summed E-state index contributed by atoms with van der Waals surface area (Å²) in [4.78, 5) is 15.6. The molecule has 0 spiro atoms. The fourth-order valence-electron chi connectivity index (χ4n) is 1.07. The smallest absolute Gasteiger partial charge is 0.331 e. The van der Waals surface area contributed by atoms with Gasteiger partial charge in [-0.1, -0.05) is 13.8 Å². The van der Waals surface area contributed by atoms with Crippen LogP contribution in [-0.4, -0.2) is 29.4 Å². The average molecular weight is 201 g/mol. The van der Waals surface area contributed by atoms with Gasteiger partial charge < -0.3 is 4.74 Å². The maximum Gasteiger partial charge on any atom is 0.331 e. The molecule has 1 aliphatic heterocycles. The van der Waals surface area contributed by atoms with E-state index in [1.54, 1.807) is 11.8 Å². The van der Waals surface area contributed by atoms with E-state index in [2.05, 4.69) is 18.8 Å². The Morgan fingerprint density at radius 3 is 2.92 bits per heavy atom. The lowest BCUT2D eigenvalue weighted by molar-refractivity contribution is -0.143. The lowest BCUT2D eigenvalue weighted by atomic mass is 10.2. The van der Waals surface area contributed by atoms with Gasteiger partial charge in [0, 0.05) is 11.7 Å². The maximum atomic E-state index is 11.3. The number of carbonyl (C=O) groups excluding carboxylic acids is 1. The Morgan fingerprint density at radius 2 is 2.46 bits per heavy atom. The number of thioether (sulfide) groups is 1. The van der Waals surface area contributed by atoms with Crippen molar-refractivity contribution in [2.45, 2.75) is 26.8 Å². The number of hydrogen-bond donors (Lipinski definition) is 0. The average Bonchev–Trinajstić information content (AvgIpc) is 2.52. The minimum Gasteiger partial charge on any atom is -0.464 e. The summed E-state index contributed by atoms with van der Waals surface area (Å²) in [7, 11) is 0. The molecule has 0 amide bonds. The summed E-state index contributed by atoms with van der Waals surface area (Å²) in [6.45, 7) is 6.42. The number of aliphatic imine (C=N–C) groups is 1. The second-order valence-corrected chi connectivity index (χ2v) is 4.24. The second-order valence-electron chi connectivity index (χ2n) is 3.20. The summed E-state index contributed by atoms with van der Waals surface area (Å²) in [5.41, 5.74) is 0. The van der Waals surface area contributed by atoms with Crippen LogP contribution in [-0.2, 0) is 9.53 Å². The Kier molecular flexibility index (Phi) is 3.78. The van der Waals surface area contributed by atoms with Gasteiger partial charge in [-0.15, -0.1) is 11.8 Å². The molecule has 0 aromatic rings. The first kappa shape index (κ1) is 10.6. The van der Waals surface area contributed by atoms with Gasteiger partial charge in [0.1, 0.15) is 0 Å². The van der Waals surface area contributed by atoms with Gasteiger partial charge in [0.05, 0.1) is 11.7 Å². The highest BCUT2D eigenvalue weighted by Gasteiger charge is 2.26. The fraction of sp³-hybridized carbons (Fsp3) is 0.778. The van der Waals surface area contributed by atoms with E-state index in [1.165, 1.54) is 0 Å². The van der Waals surface area contributed by atoms with Gasteiger partial charge in [0.2, 0.25) is 0 Å². The van der Waals surface area contributed by atoms with Gasteiger partial charge in [-0.05, 0) is 6.92 Å². The van der Waals surface area contributed by atoms with Crippen LogP contribution in [0.1, 0.15) is 20.8 Å². The Bertz CT molecular complexity index is 226. The van der Waals surface area contributed by atoms with Crippen molar-refractivity contribution in [3.8, 4) is 0 Å². The fourth-order valence-corrected chi connectivity index (χ4v) is 2.14. The highest BCUT2D eigenvalue weighted by Crippen LogP contribution is 2.23. The molecule has 0 saturated heterocycles. The summed E-state index contributed by atoms with van der Waals surface area (Å²) < 4.78 is 4.89. The van der Waals surface area contributed by atoms with Crippen LogP contribution in [0.25, 0.3) is 0 Å². The monoisotopic (exact) mass is 201 g/mol. The van der Waals surface area contributed by atoms with Crippen molar-refractivity contribution < 1.29 is 9.53 Å². The molecule has 1 atom stereocenters. The molecule has 0 bridgehead atoms. The molecule has 1 aliphatic rings. The van der Waals surface area contributed by atoms with Gasteiger partial charge in [-0.3, -0.25) is 4.99 Å². The van der Waals surface area contributed by atoms with E-state index in [1.807, 2.05) is 6.92 Å². The number of carbonyl (C=O) groups is 1. The van der Waals surface area contributed by atoms with E-state index in [0.29, 0.717) is 12.5 Å². The predicted molar refractivity (Wildman–Crippen MR) is 55.2 cm³/mol. The first-order valence-electron chi connectivity index (χ1n) is 4.52. The third kappa shape index (κ3) is 2.72. The zero-order valence-electron chi connectivity index (χ0n) is 8.24. The van der Waals surface area contributed by atoms with Gasteiger partial charge in [-0.2, -0.15) is 0 Å². The molecule has 0 aromatic heterocycles. The molecule has 1 unspecified atom stereocenters. The molecule has 0 fully saturated rings. The van der Waals surface area contributed by atoms with Gasteiger partial charge >= 0.3 is 5.97 Å². The highest BCUT2D eigenvalue weighted by atomic mass is 32.2. The van der Waals surface area contributed by atoms with E-state index in [-0.39, 0.29) is 12.0 Å². The van der Waals surface area contributed by atoms with E-state index < -0.39 is 0 Å². The first-order chi connectivity index (χ1) is 6.15. The van der Waals surface area contributed by atoms with Crippen LogP contribution in [0.15, 0.2) is 4.99 Å². The summed E-state index contributed by atoms with van der Waals surface area (Å²) in [5, 5.41) is 1.07. The zero-order chi connectivity index (χ0) is 9.84. The Hall–Kier alpha value is -0.510. The van der Waals surface area contributed by atoms with Crippen molar-refractivity contribution in [2.24, 2.45) is 10.9 Å². The number of hydrogen-bond acceptors (Lipinski definition) is 4. The van der Waals surface area contributed by atoms with E-state index in [0.717, 1.165) is 10.8 Å². The number of ether oxygens (including phenoxy) is 1. The summed E-state index contributed by atoms with van der Waals surface area (Å²) >= 11 is 1.66. The van der Waals surface area contributed by atoms with E-state index in [9.17, 15) is 4.79 Å². The Balaban J connectivity index is 2.52. The third-order valence-electron chi connectivity index (χ3n) is 1.72. The van der Waals surface area contributed by atoms with Crippen LogP contribution in [0.5, 0.6) is 0 Å². The first-order valence-corrected chi connectivity index (χ1v) is 5.50. The van der Waals surface area contributed by atoms with Crippen LogP contribution in [0.4, 0.5) is 0 Å². The summed E-state index contributed by atoms with van der Waals surface area (Å²) in [6, 6.07) is -0.262. The van der Waals surface area contributed by atoms with Crippen molar-refractivity contribution >= 4 is 22.8 Å². The molecule has 1 rings (SSSR count). The molecule has 0 radical (unpaired) electrons. The van der Waals surface area contributed by atoms with E-state index >= 15 is 0 Å². The molecule has 0 aromatic carbocycles. The summed E-state index contributed by atoms with van der Waals surface area (Å²) in [5.74, 6) is 0.974. The van der Waals surface area contributed by atoms with Crippen LogP contribution in [0.3, 0.4) is 0 Å². The zero-order valence-corrected chi connectivity index (χ0v) is 9.06. The van der Waals surface area contributed by atoms with Gasteiger partial charge in [0.25, 0.3) is 0 Å². The Labute approximate surface area is 82.9 Å². The maximum absolute atomic E-state index is 11.3. The molecule has 4 heteroatoms. The van der Waals surface area contributed by atoms with E-state index in [4.69, 9.17) is 4.74 Å². The van der Waals surface area contributed by atoms with Crippen LogP contribution in [0.2, 0.25) is 0 Å². The molecule has 1 heterocycles. The predicted octanol–water partition coefficient (Wildman–Crippen LogP) is 1.72. The minimum absolute atomic E-state index is 0.189. The highest BCUT2D eigenvalue weighted by molar-refractivity contribution is 8.14. The molecule has 13 heavy (non-hydrogen) atoms. The lowest BCUT2D eigenvalue weighted by Gasteiger charge is -2.04. The van der Waals surface area contributed by atoms with Crippen molar-refractivity contribution in [3.05, 3.63) is 0 Å². The quantitative estimate of drug-likeness (QED) is 0.653. The van der Waals surface area contributed by atoms with Crippen molar-refractivity contribution in [3.63, 3.8) is 0 Å². The standard InChI is InChI=1S/C9H15NO2S/c1-4-12-9(11)7-5-13-8(10-7)6(2)3/h6-7H,4-5H2,1-3H3.